The minimum Gasteiger partial charge on any atom is -0.332 e. The molecule has 0 spiro atoms. The Labute approximate surface area is 148 Å². The van der Waals surface area contributed by atoms with Crippen LogP contribution in [0.25, 0.3) is 11.4 Å². The van der Waals surface area contributed by atoms with Crippen LogP contribution in [0.15, 0.2) is 24.9 Å². The first-order valence-electron chi connectivity index (χ1n) is 8.33. The number of nitrogens with zero attached hydrogens (tertiary/aromatic N) is 6. The molecule has 0 bridgehead atoms. The van der Waals surface area contributed by atoms with Crippen LogP contribution in [0.5, 0.6) is 0 Å². The molecule has 136 valence electrons. The SMILES string of the molecule is CN(C)S(=O)(=O)N1CCCC(Cc2nccnc2-c2cncn2C)C1. The van der Waals surface area contributed by atoms with Gasteiger partial charge in [0.05, 0.1) is 23.9 Å². The van der Waals surface area contributed by atoms with Crippen molar-refractivity contribution in [1.82, 2.24) is 28.1 Å². The first-order chi connectivity index (χ1) is 11.9. The summed E-state index contributed by atoms with van der Waals surface area (Å²) in [5.74, 6) is 0.229. The fourth-order valence-corrected chi connectivity index (χ4v) is 4.44. The fourth-order valence-electron chi connectivity index (χ4n) is 3.22. The molecule has 0 N–H and O–H groups in total. The molecule has 2 aromatic heterocycles. The van der Waals surface area contributed by atoms with Crippen molar-refractivity contribution in [3.8, 4) is 11.4 Å². The van der Waals surface area contributed by atoms with Gasteiger partial charge in [0.15, 0.2) is 0 Å². The van der Waals surface area contributed by atoms with Crippen LogP contribution in [0.2, 0.25) is 0 Å². The lowest BCUT2D eigenvalue weighted by Gasteiger charge is -2.33. The third kappa shape index (κ3) is 3.73. The first-order valence-corrected chi connectivity index (χ1v) is 9.73. The van der Waals surface area contributed by atoms with Crippen LogP contribution in [-0.4, -0.2) is 63.7 Å². The minimum absolute atomic E-state index is 0.229. The van der Waals surface area contributed by atoms with Crippen molar-refractivity contribution in [2.45, 2.75) is 19.3 Å². The average Bonchev–Trinajstić information content (AvgIpc) is 3.01. The third-order valence-corrected chi connectivity index (χ3v) is 6.49. The van der Waals surface area contributed by atoms with Gasteiger partial charge in [-0.3, -0.25) is 9.97 Å². The van der Waals surface area contributed by atoms with Crippen LogP contribution in [-0.2, 0) is 23.7 Å². The molecule has 9 heteroatoms. The second-order valence-corrected chi connectivity index (χ2v) is 8.74. The molecule has 1 fully saturated rings. The largest absolute Gasteiger partial charge is 0.332 e. The summed E-state index contributed by atoms with van der Waals surface area (Å²) in [6.45, 7) is 1.09. The lowest BCUT2D eigenvalue weighted by Crippen LogP contribution is -2.45. The zero-order valence-electron chi connectivity index (χ0n) is 14.8. The van der Waals surface area contributed by atoms with E-state index in [1.54, 1.807) is 43.3 Å². The lowest BCUT2D eigenvalue weighted by molar-refractivity contribution is 0.253. The summed E-state index contributed by atoms with van der Waals surface area (Å²) in [7, 11) is 1.70. The number of hydrogen-bond donors (Lipinski definition) is 0. The van der Waals surface area contributed by atoms with E-state index < -0.39 is 10.2 Å². The Kier molecular flexibility index (Phi) is 5.16. The van der Waals surface area contributed by atoms with Gasteiger partial charge in [-0.15, -0.1) is 0 Å². The highest BCUT2D eigenvalue weighted by Crippen LogP contribution is 2.26. The van der Waals surface area contributed by atoms with E-state index >= 15 is 0 Å². The lowest BCUT2D eigenvalue weighted by atomic mass is 9.93. The molecule has 25 heavy (non-hydrogen) atoms. The standard InChI is InChI=1S/C16H24N6O2S/c1-20(2)25(23,24)22-8-4-5-13(11-22)9-14-16(19-7-6-18-14)15-10-17-12-21(15)3/h6-7,10,12-13H,4-5,8-9,11H2,1-3H3. The van der Waals surface area contributed by atoms with Gasteiger partial charge in [-0.2, -0.15) is 17.0 Å². The Bertz CT molecular complexity index is 833. The van der Waals surface area contributed by atoms with E-state index in [0.29, 0.717) is 19.5 Å². The molecule has 3 rings (SSSR count). The van der Waals surface area contributed by atoms with Gasteiger partial charge >= 0.3 is 0 Å². The molecule has 0 amide bonds. The molecule has 1 aliphatic rings. The Morgan fingerprint density at radius 1 is 1.28 bits per heavy atom. The Morgan fingerprint density at radius 3 is 2.72 bits per heavy atom. The molecule has 1 saturated heterocycles. The third-order valence-electron chi connectivity index (χ3n) is 4.58. The van der Waals surface area contributed by atoms with Gasteiger partial charge in [-0.05, 0) is 25.2 Å². The van der Waals surface area contributed by atoms with Crippen molar-refractivity contribution in [3.05, 3.63) is 30.6 Å². The zero-order chi connectivity index (χ0) is 18.0. The van der Waals surface area contributed by atoms with Crippen molar-refractivity contribution in [2.75, 3.05) is 27.2 Å². The van der Waals surface area contributed by atoms with Gasteiger partial charge in [0, 0.05) is 46.6 Å². The number of rotatable bonds is 5. The molecule has 1 unspecified atom stereocenters. The molecule has 0 radical (unpaired) electrons. The van der Waals surface area contributed by atoms with E-state index in [1.807, 2.05) is 11.6 Å². The molecule has 1 aliphatic heterocycles. The molecule has 0 saturated carbocycles. The monoisotopic (exact) mass is 364 g/mol. The zero-order valence-corrected chi connectivity index (χ0v) is 15.6. The van der Waals surface area contributed by atoms with E-state index in [9.17, 15) is 8.42 Å². The van der Waals surface area contributed by atoms with E-state index in [2.05, 4.69) is 15.0 Å². The second-order valence-electron chi connectivity index (χ2n) is 6.60. The van der Waals surface area contributed by atoms with Gasteiger partial charge in [0.25, 0.3) is 10.2 Å². The Morgan fingerprint density at radius 2 is 2.04 bits per heavy atom. The minimum atomic E-state index is -3.37. The highest BCUT2D eigenvalue weighted by molar-refractivity contribution is 7.86. The van der Waals surface area contributed by atoms with E-state index in [1.165, 1.54) is 4.31 Å². The molecule has 0 aromatic carbocycles. The highest BCUT2D eigenvalue weighted by atomic mass is 32.2. The fraction of sp³-hybridized carbons (Fsp3) is 0.562. The van der Waals surface area contributed by atoms with Crippen molar-refractivity contribution in [1.29, 1.82) is 0 Å². The maximum atomic E-state index is 12.4. The Balaban J connectivity index is 1.81. The number of imidazole rings is 1. The molecule has 0 aliphatic carbocycles. The van der Waals surface area contributed by atoms with Crippen molar-refractivity contribution in [2.24, 2.45) is 13.0 Å². The van der Waals surface area contributed by atoms with E-state index in [0.717, 1.165) is 29.9 Å². The molecular weight excluding hydrogens is 340 g/mol. The van der Waals surface area contributed by atoms with Gasteiger partial charge in [-0.25, -0.2) is 4.98 Å². The topological polar surface area (TPSA) is 84.2 Å². The number of aryl methyl sites for hydroxylation is 1. The van der Waals surface area contributed by atoms with E-state index in [4.69, 9.17) is 0 Å². The summed E-state index contributed by atoms with van der Waals surface area (Å²) < 4.78 is 29.5. The highest BCUT2D eigenvalue weighted by Gasteiger charge is 2.31. The number of hydrogen-bond acceptors (Lipinski definition) is 5. The summed E-state index contributed by atoms with van der Waals surface area (Å²) in [6.07, 6.45) is 9.42. The van der Waals surface area contributed by atoms with Crippen LogP contribution < -0.4 is 0 Å². The van der Waals surface area contributed by atoms with Crippen LogP contribution in [0.1, 0.15) is 18.5 Å². The molecule has 1 atom stereocenters. The quantitative estimate of drug-likeness (QED) is 0.788. The first kappa shape index (κ1) is 18.0. The summed E-state index contributed by atoms with van der Waals surface area (Å²) in [5.41, 5.74) is 2.62. The average molecular weight is 364 g/mol. The summed E-state index contributed by atoms with van der Waals surface area (Å²) in [5, 5.41) is 0. The van der Waals surface area contributed by atoms with E-state index in [-0.39, 0.29) is 5.92 Å². The normalized spacial score (nSPS) is 19.4. The smallest absolute Gasteiger partial charge is 0.281 e. The van der Waals surface area contributed by atoms with Crippen LogP contribution in [0, 0.1) is 5.92 Å². The van der Waals surface area contributed by atoms with Crippen LogP contribution >= 0.6 is 0 Å². The van der Waals surface area contributed by atoms with Crippen LogP contribution in [0.3, 0.4) is 0 Å². The molecule has 3 heterocycles. The summed E-state index contributed by atoms with van der Waals surface area (Å²) in [4.78, 5) is 13.1. The molecule has 8 nitrogen and oxygen atoms in total. The summed E-state index contributed by atoms with van der Waals surface area (Å²) >= 11 is 0. The van der Waals surface area contributed by atoms with Crippen molar-refractivity contribution in [3.63, 3.8) is 0 Å². The maximum Gasteiger partial charge on any atom is 0.281 e. The second kappa shape index (κ2) is 7.19. The Hall–Kier alpha value is -1.84. The van der Waals surface area contributed by atoms with Crippen LogP contribution in [0.4, 0.5) is 0 Å². The summed E-state index contributed by atoms with van der Waals surface area (Å²) in [6, 6.07) is 0. The predicted octanol–water partition coefficient (Wildman–Crippen LogP) is 0.938. The van der Waals surface area contributed by atoms with Gasteiger partial charge < -0.3 is 4.57 Å². The number of piperidine rings is 1. The van der Waals surface area contributed by atoms with Crippen molar-refractivity contribution >= 4 is 10.2 Å². The molecular formula is C16H24N6O2S. The van der Waals surface area contributed by atoms with Crippen molar-refractivity contribution < 1.29 is 8.42 Å². The van der Waals surface area contributed by atoms with Gasteiger partial charge in [0.1, 0.15) is 5.69 Å². The maximum absolute atomic E-state index is 12.4. The molecule has 2 aromatic rings. The van der Waals surface area contributed by atoms with Gasteiger partial charge in [0.2, 0.25) is 0 Å². The number of aromatic nitrogens is 4. The predicted molar refractivity (Wildman–Crippen MR) is 94.8 cm³/mol. The van der Waals surface area contributed by atoms with Gasteiger partial charge in [-0.1, -0.05) is 0 Å².